The minimum absolute atomic E-state index is 0. The molecule has 0 saturated heterocycles. The summed E-state index contributed by atoms with van der Waals surface area (Å²) in [7, 11) is 0. The van der Waals surface area contributed by atoms with E-state index in [4.69, 9.17) is 5.11 Å². The number of rotatable bonds is 16. The molecular weight excluding hydrogens is 379 g/mol. The zero-order valence-corrected chi connectivity index (χ0v) is 18.7. The maximum Gasteiger partial charge on any atom is 2.00 e. The van der Waals surface area contributed by atoms with Crippen molar-refractivity contribution < 1.29 is 41.2 Å². The number of aliphatic carboxylic acids is 1. The fourth-order valence-corrected chi connectivity index (χ4v) is 2.64. The topological polar surface area (TPSA) is 63.2 Å². The van der Waals surface area contributed by atoms with Crippen molar-refractivity contribution in [1.82, 2.24) is 0 Å². The SMILES string of the molecule is CCCCCCCCCCCCCCCCCC(=O)[O-].CC[O-].[Zr+2]. The standard InChI is InChI=1S/C18H36O2.C2H5O.Zr/c1-2-3-4-5-6-7-8-9-10-11-12-13-14-15-16-17-18(19)20;1-2-3;/h2-17H2,1H3,(H,19,20);2H2,1H3;/q;-1;+2/p-1. The average Bonchev–Trinajstić information content (AvgIpc) is 2.51. The third-order valence-electron chi connectivity index (χ3n) is 3.98. The van der Waals surface area contributed by atoms with Gasteiger partial charge in [-0.3, -0.25) is 0 Å². The van der Waals surface area contributed by atoms with Crippen LogP contribution in [0.2, 0.25) is 0 Å². The molecule has 24 heavy (non-hydrogen) atoms. The normalized spacial score (nSPS) is 9.79. The second-order valence-electron chi connectivity index (χ2n) is 6.36. The second-order valence-corrected chi connectivity index (χ2v) is 6.36. The Balaban J connectivity index is -0.00000102. The van der Waals surface area contributed by atoms with Crippen LogP contribution in [0.3, 0.4) is 0 Å². The van der Waals surface area contributed by atoms with E-state index in [1.54, 1.807) is 6.92 Å². The molecule has 142 valence electrons. The van der Waals surface area contributed by atoms with Crippen LogP contribution in [0.4, 0.5) is 0 Å². The zero-order chi connectivity index (χ0) is 17.6. The molecule has 0 aliphatic heterocycles. The van der Waals surface area contributed by atoms with Crippen LogP contribution in [0.5, 0.6) is 0 Å². The van der Waals surface area contributed by atoms with Crippen molar-refractivity contribution in [3.8, 4) is 0 Å². The molecule has 0 heterocycles. The molecule has 0 saturated carbocycles. The number of carbonyl (C=O) groups is 1. The molecule has 0 aliphatic carbocycles. The van der Waals surface area contributed by atoms with Crippen LogP contribution < -0.4 is 10.2 Å². The molecule has 0 aliphatic rings. The summed E-state index contributed by atoms with van der Waals surface area (Å²) in [6.45, 7) is 3.84. The average molecular weight is 420 g/mol. The van der Waals surface area contributed by atoms with E-state index in [2.05, 4.69) is 6.92 Å². The van der Waals surface area contributed by atoms with Gasteiger partial charge in [0.15, 0.2) is 0 Å². The van der Waals surface area contributed by atoms with Gasteiger partial charge in [-0.1, -0.05) is 104 Å². The molecule has 0 N–H and O–H groups in total. The molecule has 0 spiro atoms. The second kappa shape index (κ2) is 28.1. The largest absolute Gasteiger partial charge is 2.00 e. The van der Waals surface area contributed by atoms with Crippen molar-refractivity contribution in [3.63, 3.8) is 0 Å². The molecule has 0 unspecified atom stereocenters. The van der Waals surface area contributed by atoms with Gasteiger partial charge in [-0.05, 0) is 12.8 Å². The molecule has 0 bridgehead atoms. The third kappa shape index (κ3) is 33.8. The van der Waals surface area contributed by atoms with E-state index in [0.717, 1.165) is 12.8 Å². The monoisotopic (exact) mass is 418 g/mol. The summed E-state index contributed by atoms with van der Waals surface area (Å²) in [6, 6.07) is 0. The van der Waals surface area contributed by atoms with Gasteiger partial charge in [-0.2, -0.15) is 0 Å². The van der Waals surface area contributed by atoms with Gasteiger partial charge < -0.3 is 15.0 Å². The fraction of sp³-hybridized carbons (Fsp3) is 0.950. The van der Waals surface area contributed by atoms with Crippen LogP contribution >= 0.6 is 0 Å². The number of hydrogen-bond acceptors (Lipinski definition) is 3. The van der Waals surface area contributed by atoms with E-state index in [-0.39, 0.29) is 39.2 Å². The number of unbranched alkanes of at least 4 members (excludes halogenated alkanes) is 14. The summed E-state index contributed by atoms with van der Waals surface area (Å²) in [5, 5.41) is 19.2. The van der Waals surface area contributed by atoms with Crippen LogP contribution in [0.25, 0.3) is 0 Å². The quantitative estimate of drug-likeness (QED) is 0.349. The number of hydrogen-bond donors (Lipinski definition) is 0. The van der Waals surface area contributed by atoms with Crippen LogP contribution in [-0.2, 0) is 31.0 Å². The smallest absolute Gasteiger partial charge is 0.855 e. The van der Waals surface area contributed by atoms with Gasteiger partial charge in [-0.15, -0.1) is 6.61 Å². The van der Waals surface area contributed by atoms with Crippen molar-refractivity contribution in [3.05, 3.63) is 0 Å². The first kappa shape index (κ1) is 29.1. The van der Waals surface area contributed by atoms with E-state index in [1.165, 1.54) is 83.5 Å². The Kier molecular flexibility index (Phi) is 34.1. The van der Waals surface area contributed by atoms with Crippen molar-refractivity contribution in [2.75, 3.05) is 6.61 Å². The summed E-state index contributed by atoms with van der Waals surface area (Å²) in [5.41, 5.74) is 0. The molecule has 0 aromatic carbocycles. The predicted molar refractivity (Wildman–Crippen MR) is 95.1 cm³/mol. The van der Waals surface area contributed by atoms with Gasteiger partial charge in [-0.25, -0.2) is 0 Å². The predicted octanol–water partition coefficient (Wildman–Crippen LogP) is 4.36. The van der Waals surface area contributed by atoms with Crippen molar-refractivity contribution in [1.29, 1.82) is 0 Å². The fourth-order valence-electron chi connectivity index (χ4n) is 2.64. The Labute approximate surface area is 170 Å². The molecule has 3 nitrogen and oxygen atoms in total. The zero-order valence-electron chi connectivity index (χ0n) is 16.2. The summed E-state index contributed by atoms with van der Waals surface area (Å²) in [5.74, 6) is -0.903. The van der Waals surface area contributed by atoms with E-state index < -0.39 is 5.97 Å². The van der Waals surface area contributed by atoms with Gasteiger partial charge in [0.25, 0.3) is 0 Å². The van der Waals surface area contributed by atoms with Crippen molar-refractivity contribution in [2.24, 2.45) is 0 Å². The third-order valence-corrected chi connectivity index (χ3v) is 3.98. The van der Waals surface area contributed by atoms with E-state index in [1.807, 2.05) is 0 Å². The Morgan fingerprint density at radius 3 is 1.12 bits per heavy atom. The summed E-state index contributed by atoms with van der Waals surface area (Å²) < 4.78 is 0. The van der Waals surface area contributed by atoms with Gasteiger partial charge >= 0.3 is 26.2 Å². The number of carboxylic acids is 1. The van der Waals surface area contributed by atoms with Crippen molar-refractivity contribution >= 4 is 5.97 Å². The first-order valence-electron chi connectivity index (χ1n) is 9.96. The molecule has 0 aromatic heterocycles. The first-order valence-corrected chi connectivity index (χ1v) is 9.96. The number of carbonyl (C=O) groups excluding carboxylic acids is 1. The Morgan fingerprint density at radius 1 is 0.625 bits per heavy atom. The Bertz CT molecular complexity index is 223. The van der Waals surface area contributed by atoms with Gasteiger partial charge in [0.1, 0.15) is 0 Å². The molecule has 0 amide bonds. The van der Waals surface area contributed by atoms with Crippen LogP contribution in [-0.4, -0.2) is 12.6 Å². The van der Waals surface area contributed by atoms with E-state index in [9.17, 15) is 9.90 Å². The van der Waals surface area contributed by atoms with Gasteiger partial charge in [0, 0.05) is 5.97 Å². The molecule has 0 atom stereocenters. The van der Waals surface area contributed by atoms with E-state index in [0.29, 0.717) is 0 Å². The van der Waals surface area contributed by atoms with Crippen LogP contribution in [0, 0.1) is 0 Å². The van der Waals surface area contributed by atoms with Crippen molar-refractivity contribution in [2.45, 2.75) is 117 Å². The Morgan fingerprint density at radius 2 is 0.875 bits per heavy atom. The number of carboxylic acid groups (broad SMARTS) is 1. The first-order chi connectivity index (χ1) is 11.2. The Hall–Kier alpha value is 0.313. The molecular formula is C20H40O3Zr. The summed E-state index contributed by atoms with van der Waals surface area (Å²) >= 11 is 0. The summed E-state index contributed by atoms with van der Waals surface area (Å²) in [4.78, 5) is 10.2. The van der Waals surface area contributed by atoms with Crippen LogP contribution in [0.15, 0.2) is 0 Å². The summed E-state index contributed by atoms with van der Waals surface area (Å²) in [6.07, 6.45) is 19.9. The maximum atomic E-state index is 10.2. The molecule has 0 rings (SSSR count). The van der Waals surface area contributed by atoms with Gasteiger partial charge in [0.05, 0.1) is 0 Å². The van der Waals surface area contributed by atoms with Gasteiger partial charge in [0.2, 0.25) is 0 Å². The minimum atomic E-state index is -0.903. The van der Waals surface area contributed by atoms with E-state index >= 15 is 0 Å². The maximum absolute atomic E-state index is 10.2. The molecule has 4 heteroatoms. The molecule has 0 fully saturated rings. The van der Waals surface area contributed by atoms with Crippen LogP contribution in [0.1, 0.15) is 117 Å². The molecule has 0 aromatic rings. The molecule has 0 radical (unpaired) electrons. The minimum Gasteiger partial charge on any atom is -0.855 e.